The number of amides is 2. The predicted octanol–water partition coefficient (Wildman–Crippen LogP) is 3.18. The Morgan fingerprint density at radius 2 is 1.86 bits per heavy atom. The molecule has 2 amide bonds. The molecular formula is C20H20F6N6O3. The number of hydrogen-bond donors (Lipinski definition) is 3. The summed E-state index contributed by atoms with van der Waals surface area (Å²) in [4.78, 5) is 31.1. The number of carbonyl (C=O) groups is 2. The zero-order chi connectivity index (χ0) is 25.6. The molecule has 0 atom stereocenters. The Balaban J connectivity index is 1.49. The van der Waals surface area contributed by atoms with Crippen LogP contribution in [-0.2, 0) is 29.2 Å². The number of H-pyrrole nitrogens is 1. The smallest absolute Gasteiger partial charge is 0.352 e. The van der Waals surface area contributed by atoms with Gasteiger partial charge in [-0.05, 0) is 17.7 Å². The third-order valence-electron chi connectivity index (χ3n) is 4.62. The number of fused-ring (bicyclic) bond motifs is 1. The van der Waals surface area contributed by atoms with Crippen LogP contribution in [0, 0.1) is 0 Å². The number of alkyl halides is 6. The van der Waals surface area contributed by atoms with Gasteiger partial charge in [-0.3, -0.25) is 19.0 Å². The van der Waals surface area contributed by atoms with Crippen LogP contribution in [0.2, 0.25) is 0 Å². The van der Waals surface area contributed by atoms with Crippen molar-refractivity contribution in [3.63, 3.8) is 0 Å². The SMILES string of the molecule is O=C(CCC(F)(F)F)NCc1ccc2nc(CNC(=O)c3cnn(CCOC(F)(F)F)c3)[nH]c2c1. The highest BCUT2D eigenvalue weighted by Crippen LogP contribution is 2.21. The molecule has 3 rings (SSSR count). The van der Waals surface area contributed by atoms with Crippen LogP contribution in [0.4, 0.5) is 26.3 Å². The minimum atomic E-state index is -4.74. The Morgan fingerprint density at radius 1 is 1.09 bits per heavy atom. The van der Waals surface area contributed by atoms with Gasteiger partial charge in [0.25, 0.3) is 5.91 Å². The van der Waals surface area contributed by atoms with E-state index in [1.54, 1.807) is 18.2 Å². The number of benzene rings is 1. The van der Waals surface area contributed by atoms with E-state index in [-0.39, 0.29) is 25.2 Å². The van der Waals surface area contributed by atoms with Crippen molar-refractivity contribution in [2.45, 2.75) is 45.0 Å². The fourth-order valence-electron chi connectivity index (χ4n) is 2.97. The highest BCUT2D eigenvalue weighted by Gasteiger charge is 2.29. The molecule has 0 bridgehead atoms. The molecule has 0 saturated heterocycles. The summed E-state index contributed by atoms with van der Waals surface area (Å²) in [7, 11) is 0. The zero-order valence-electron chi connectivity index (χ0n) is 18.0. The first-order valence-electron chi connectivity index (χ1n) is 10.2. The molecule has 0 radical (unpaired) electrons. The Hall–Kier alpha value is -3.62. The maximum absolute atomic E-state index is 12.3. The van der Waals surface area contributed by atoms with Gasteiger partial charge in [-0.1, -0.05) is 6.07 Å². The van der Waals surface area contributed by atoms with Crippen molar-refractivity contribution in [3.05, 3.63) is 47.5 Å². The van der Waals surface area contributed by atoms with Gasteiger partial charge < -0.3 is 15.6 Å². The summed E-state index contributed by atoms with van der Waals surface area (Å²) in [6, 6.07) is 4.98. The van der Waals surface area contributed by atoms with E-state index >= 15 is 0 Å². The lowest BCUT2D eigenvalue weighted by atomic mass is 10.2. The number of halogens is 6. The summed E-state index contributed by atoms with van der Waals surface area (Å²) >= 11 is 0. The van der Waals surface area contributed by atoms with Crippen molar-refractivity contribution in [1.82, 2.24) is 30.4 Å². The molecule has 0 saturated carbocycles. The van der Waals surface area contributed by atoms with E-state index < -0.39 is 43.8 Å². The van der Waals surface area contributed by atoms with Crippen LogP contribution in [0.1, 0.15) is 34.6 Å². The number of nitrogens with zero attached hydrogens (tertiary/aromatic N) is 3. The van der Waals surface area contributed by atoms with Crippen LogP contribution in [0.3, 0.4) is 0 Å². The van der Waals surface area contributed by atoms with E-state index in [0.29, 0.717) is 22.4 Å². The van der Waals surface area contributed by atoms with Gasteiger partial charge in [0.2, 0.25) is 5.91 Å². The van der Waals surface area contributed by atoms with Gasteiger partial charge in [-0.2, -0.15) is 18.3 Å². The van der Waals surface area contributed by atoms with E-state index in [0.717, 1.165) is 4.68 Å². The molecule has 2 heterocycles. The fourth-order valence-corrected chi connectivity index (χ4v) is 2.97. The second kappa shape index (κ2) is 10.8. The number of nitrogens with one attached hydrogen (secondary N) is 3. The molecule has 0 spiro atoms. The maximum atomic E-state index is 12.3. The Morgan fingerprint density at radius 3 is 2.57 bits per heavy atom. The van der Waals surface area contributed by atoms with Gasteiger partial charge >= 0.3 is 12.5 Å². The molecule has 3 N–H and O–H groups in total. The second-order valence-corrected chi connectivity index (χ2v) is 7.40. The molecule has 3 aromatic rings. The van der Waals surface area contributed by atoms with Gasteiger partial charge in [0.05, 0.1) is 48.9 Å². The summed E-state index contributed by atoms with van der Waals surface area (Å²) in [6.45, 7) is -0.791. The minimum absolute atomic E-state index is 0.0133. The monoisotopic (exact) mass is 506 g/mol. The normalized spacial score (nSPS) is 12.2. The van der Waals surface area contributed by atoms with E-state index in [1.807, 2.05) is 0 Å². The molecule has 0 aliphatic rings. The number of carbonyl (C=O) groups excluding carboxylic acids is 2. The van der Waals surface area contributed by atoms with Crippen LogP contribution in [0.5, 0.6) is 0 Å². The molecule has 190 valence electrons. The minimum Gasteiger partial charge on any atom is -0.352 e. The van der Waals surface area contributed by atoms with E-state index in [9.17, 15) is 35.9 Å². The third kappa shape index (κ3) is 8.59. The summed E-state index contributed by atoms with van der Waals surface area (Å²) in [5.41, 5.74) is 1.93. The highest BCUT2D eigenvalue weighted by atomic mass is 19.4. The van der Waals surface area contributed by atoms with Crippen LogP contribution in [0.15, 0.2) is 30.6 Å². The van der Waals surface area contributed by atoms with E-state index in [4.69, 9.17) is 0 Å². The summed E-state index contributed by atoms with van der Waals surface area (Å²) in [5, 5.41) is 8.84. The zero-order valence-corrected chi connectivity index (χ0v) is 18.0. The van der Waals surface area contributed by atoms with Crippen LogP contribution in [-0.4, -0.2) is 50.7 Å². The van der Waals surface area contributed by atoms with Crippen molar-refractivity contribution in [3.8, 4) is 0 Å². The molecule has 0 aliphatic carbocycles. The summed E-state index contributed by atoms with van der Waals surface area (Å²) in [5.74, 6) is -0.826. The number of aromatic nitrogens is 4. The van der Waals surface area contributed by atoms with E-state index in [1.165, 1.54) is 12.4 Å². The molecule has 9 nitrogen and oxygen atoms in total. The van der Waals surface area contributed by atoms with E-state index in [2.05, 4.69) is 30.4 Å². The van der Waals surface area contributed by atoms with Crippen molar-refractivity contribution >= 4 is 22.8 Å². The van der Waals surface area contributed by atoms with Gasteiger partial charge in [0, 0.05) is 19.2 Å². The number of rotatable bonds is 10. The largest absolute Gasteiger partial charge is 0.522 e. The quantitative estimate of drug-likeness (QED) is 0.366. The molecule has 0 fully saturated rings. The Labute approximate surface area is 193 Å². The van der Waals surface area contributed by atoms with Crippen LogP contribution < -0.4 is 10.6 Å². The van der Waals surface area contributed by atoms with Gasteiger partial charge in [0.15, 0.2) is 0 Å². The fraction of sp³-hybridized carbons (Fsp3) is 0.400. The lowest BCUT2D eigenvalue weighted by Crippen LogP contribution is -2.24. The molecule has 0 aliphatic heterocycles. The van der Waals surface area contributed by atoms with Gasteiger partial charge in [-0.25, -0.2) is 4.98 Å². The average molecular weight is 506 g/mol. The highest BCUT2D eigenvalue weighted by molar-refractivity contribution is 5.93. The molecule has 2 aromatic heterocycles. The molecule has 1 aromatic carbocycles. The standard InChI is InChI=1S/C20H20F6N6O3/c21-19(22,23)4-3-17(33)27-8-12-1-2-14-15(7-12)31-16(30-14)10-28-18(34)13-9-29-32(11-13)5-6-35-20(24,25)26/h1-2,7,9,11H,3-6,8,10H2,(H,27,33)(H,28,34)(H,30,31). The number of hydrogen-bond acceptors (Lipinski definition) is 5. The molecule has 0 unspecified atom stereocenters. The first kappa shape index (κ1) is 26.0. The number of aromatic amines is 1. The Bertz CT molecular complexity index is 1170. The van der Waals surface area contributed by atoms with Crippen molar-refractivity contribution < 1.29 is 40.7 Å². The lowest BCUT2D eigenvalue weighted by Gasteiger charge is -2.07. The average Bonchev–Trinajstić information content (AvgIpc) is 3.39. The van der Waals surface area contributed by atoms with Crippen molar-refractivity contribution in [2.24, 2.45) is 0 Å². The number of ether oxygens (including phenoxy) is 1. The first-order valence-corrected chi connectivity index (χ1v) is 10.2. The van der Waals surface area contributed by atoms with Crippen molar-refractivity contribution in [1.29, 1.82) is 0 Å². The third-order valence-corrected chi connectivity index (χ3v) is 4.62. The summed E-state index contributed by atoms with van der Waals surface area (Å²) in [6.07, 6.45) is -8.50. The molecule has 35 heavy (non-hydrogen) atoms. The van der Waals surface area contributed by atoms with Gasteiger partial charge in [0.1, 0.15) is 5.82 Å². The lowest BCUT2D eigenvalue weighted by molar-refractivity contribution is -0.325. The number of imidazole rings is 1. The Kier molecular flexibility index (Phi) is 7.99. The van der Waals surface area contributed by atoms with Crippen LogP contribution in [0.25, 0.3) is 11.0 Å². The predicted molar refractivity (Wildman–Crippen MR) is 109 cm³/mol. The topological polar surface area (TPSA) is 114 Å². The van der Waals surface area contributed by atoms with Crippen molar-refractivity contribution in [2.75, 3.05) is 6.61 Å². The van der Waals surface area contributed by atoms with Gasteiger partial charge in [-0.15, -0.1) is 13.2 Å². The maximum Gasteiger partial charge on any atom is 0.522 e. The molecule has 15 heteroatoms. The first-order chi connectivity index (χ1) is 16.4. The second-order valence-electron chi connectivity index (χ2n) is 7.40. The van der Waals surface area contributed by atoms with Crippen LogP contribution >= 0.6 is 0 Å². The molecular weight excluding hydrogens is 486 g/mol. The summed E-state index contributed by atoms with van der Waals surface area (Å²) < 4.78 is 77.4.